The Balaban J connectivity index is 1.73. The molecular weight excluding hydrogens is 218 g/mol. The van der Waals surface area contributed by atoms with E-state index in [-0.39, 0.29) is 0 Å². The zero-order valence-corrected chi connectivity index (χ0v) is 10.6. The lowest BCUT2D eigenvalue weighted by Crippen LogP contribution is -2.05. The van der Waals surface area contributed by atoms with Crippen LogP contribution in [-0.4, -0.2) is 6.54 Å². The molecule has 0 bridgehead atoms. The van der Waals surface area contributed by atoms with Crippen LogP contribution in [0.4, 0.5) is 5.69 Å². The van der Waals surface area contributed by atoms with Gasteiger partial charge < -0.3 is 5.32 Å². The minimum absolute atomic E-state index is 0.912. The molecule has 0 aliphatic heterocycles. The summed E-state index contributed by atoms with van der Waals surface area (Å²) in [5, 5.41) is 3.60. The summed E-state index contributed by atoms with van der Waals surface area (Å²) >= 11 is 0. The molecule has 2 aromatic rings. The fourth-order valence-electron chi connectivity index (χ4n) is 2.24. The SMILES string of the molecule is c1ccc(Cc2ccccc2NCC2CC2)cc1. The molecule has 1 saturated carbocycles. The standard InChI is InChI=1S/C17H19N/c1-2-6-14(7-3-1)12-16-8-4-5-9-17(16)18-13-15-10-11-15/h1-9,15,18H,10-13H2. The summed E-state index contributed by atoms with van der Waals surface area (Å²) in [4.78, 5) is 0. The van der Waals surface area contributed by atoms with Crippen LogP contribution in [0.1, 0.15) is 24.0 Å². The topological polar surface area (TPSA) is 12.0 Å². The van der Waals surface area contributed by atoms with Crippen molar-refractivity contribution < 1.29 is 0 Å². The van der Waals surface area contributed by atoms with Gasteiger partial charge >= 0.3 is 0 Å². The summed E-state index contributed by atoms with van der Waals surface area (Å²) in [6.45, 7) is 1.13. The zero-order chi connectivity index (χ0) is 12.2. The first-order valence-corrected chi connectivity index (χ1v) is 6.77. The van der Waals surface area contributed by atoms with E-state index in [0.29, 0.717) is 0 Å². The number of benzene rings is 2. The molecule has 1 N–H and O–H groups in total. The Bertz CT molecular complexity index is 500. The lowest BCUT2D eigenvalue weighted by atomic mass is 10.0. The van der Waals surface area contributed by atoms with Crippen molar-refractivity contribution in [1.82, 2.24) is 0 Å². The molecule has 0 saturated heterocycles. The fraction of sp³-hybridized carbons (Fsp3) is 0.294. The third-order valence-electron chi connectivity index (χ3n) is 3.53. The van der Waals surface area contributed by atoms with Crippen LogP contribution in [0.15, 0.2) is 54.6 Å². The van der Waals surface area contributed by atoms with Crippen LogP contribution in [0.2, 0.25) is 0 Å². The summed E-state index contributed by atoms with van der Waals surface area (Å²) in [5.74, 6) is 0.912. The van der Waals surface area contributed by atoms with Crippen LogP contribution in [-0.2, 0) is 6.42 Å². The van der Waals surface area contributed by atoms with Gasteiger partial charge in [0.25, 0.3) is 0 Å². The quantitative estimate of drug-likeness (QED) is 0.825. The largest absolute Gasteiger partial charge is 0.385 e. The van der Waals surface area contributed by atoms with Crippen molar-refractivity contribution >= 4 is 5.69 Å². The molecule has 92 valence electrons. The smallest absolute Gasteiger partial charge is 0.0376 e. The molecule has 18 heavy (non-hydrogen) atoms. The normalized spacial score (nSPS) is 14.4. The van der Waals surface area contributed by atoms with Crippen LogP contribution in [0.5, 0.6) is 0 Å². The molecule has 0 amide bonds. The molecule has 1 aliphatic rings. The monoisotopic (exact) mass is 237 g/mol. The molecule has 0 heterocycles. The highest BCUT2D eigenvalue weighted by molar-refractivity contribution is 5.52. The highest BCUT2D eigenvalue weighted by Crippen LogP contribution is 2.29. The predicted molar refractivity (Wildman–Crippen MR) is 76.9 cm³/mol. The van der Waals surface area contributed by atoms with Gasteiger partial charge in [0.05, 0.1) is 0 Å². The van der Waals surface area contributed by atoms with Gasteiger partial charge in [-0.3, -0.25) is 0 Å². The maximum atomic E-state index is 3.60. The van der Waals surface area contributed by atoms with Gasteiger partial charge in [0.2, 0.25) is 0 Å². The Hall–Kier alpha value is -1.76. The van der Waals surface area contributed by atoms with Gasteiger partial charge in [-0.15, -0.1) is 0 Å². The van der Waals surface area contributed by atoms with Gasteiger partial charge in [-0.1, -0.05) is 48.5 Å². The number of hydrogen-bond acceptors (Lipinski definition) is 1. The Morgan fingerprint density at radius 3 is 2.39 bits per heavy atom. The second-order valence-corrected chi connectivity index (χ2v) is 5.14. The molecule has 0 atom stereocenters. The van der Waals surface area contributed by atoms with Crippen molar-refractivity contribution in [2.45, 2.75) is 19.3 Å². The van der Waals surface area contributed by atoms with Gasteiger partial charge in [-0.05, 0) is 42.4 Å². The van der Waals surface area contributed by atoms with Gasteiger partial charge in [0.15, 0.2) is 0 Å². The molecule has 0 radical (unpaired) electrons. The number of nitrogens with one attached hydrogen (secondary N) is 1. The van der Waals surface area contributed by atoms with Crippen LogP contribution in [0, 0.1) is 5.92 Å². The van der Waals surface area contributed by atoms with Gasteiger partial charge in [0.1, 0.15) is 0 Å². The number of hydrogen-bond donors (Lipinski definition) is 1. The van der Waals surface area contributed by atoms with Crippen LogP contribution in [0.3, 0.4) is 0 Å². The second kappa shape index (κ2) is 5.26. The summed E-state index contributed by atoms with van der Waals surface area (Å²) < 4.78 is 0. The average molecular weight is 237 g/mol. The molecule has 1 aliphatic carbocycles. The molecule has 0 aromatic heterocycles. The number of anilines is 1. The van der Waals surface area contributed by atoms with E-state index in [2.05, 4.69) is 59.9 Å². The van der Waals surface area contributed by atoms with Crippen molar-refractivity contribution in [2.24, 2.45) is 5.92 Å². The molecule has 2 aromatic carbocycles. The van der Waals surface area contributed by atoms with E-state index < -0.39 is 0 Å². The lowest BCUT2D eigenvalue weighted by Gasteiger charge is -2.11. The maximum Gasteiger partial charge on any atom is 0.0376 e. The Kier molecular flexibility index (Phi) is 3.31. The van der Waals surface area contributed by atoms with E-state index in [0.717, 1.165) is 18.9 Å². The molecule has 1 heteroatoms. The highest BCUT2D eigenvalue weighted by Gasteiger charge is 2.20. The molecule has 1 fully saturated rings. The first kappa shape index (κ1) is 11.3. The van der Waals surface area contributed by atoms with E-state index in [1.54, 1.807) is 0 Å². The maximum absolute atomic E-state index is 3.60. The predicted octanol–water partition coefficient (Wildman–Crippen LogP) is 4.10. The number of para-hydroxylation sites is 1. The Morgan fingerprint density at radius 2 is 1.61 bits per heavy atom. The number of rotatable bonds is 5. The third-order valence-corrected chi connectivity index (χ3v) is 3.53. The molecule has 0 unspecified atom stereocenters. The van der Waals surface area contributed by atoms with Crippen molar-refractivity contribution in [1.29, 1.82) is 0 Å². The van der Waals surface area contributed by atoms with E-state index in [9.17, 15) is 0 Å². The fourth-order valence-corrected chi connectivity index (χ4v) is 2.24. The summed E-state index contributed by atoms with van der Waals surface area (Å²) in [6, 6.07) is 19.3. The first-order chi connectivity index (χ1) is 8.92. The minimum atomic E-state index is 0.912. The second-order valence-electron chi connectivity index (χ2n) is 5.14. The van der Waals surface area contributed by atoms with Crippen LogP contribution in [0.25, 0.3) is 0 Å². The van der Waals surface area contributed by atoms with Crippen molar-refractivity contribution in [2.75, 3.05) is 11.9 Å². The Labute approximate surface area is 109 Å². The van der Waals surface area contributed by atoms with Crippen molar-refractivity contribution in [3.05, 3.63) is 65.7 Å². The summed E-state index contributed by atoms with van der Waals surface area (Å²) in [5.41, 5.74) is 4.07. The van der Waals surface area contributed by atoms with Crippen molar-refractivity contribution in [3.63, 3.8) is 0 Å². The highest BCUT2D eigenvalue weighted by atomic mass is 14.9. The lowest BCUT2D eigenvalue weighted by molar-refractivity contribution is 0.887. The van der Waals surface area contributed by atoms with E-state index in [4.69, 9.17) is 0 Å². The summed E-state index contributed by atoms with van der Waals surface area (Å²) in [7, 11) is 0. The van der Waals surface area contributed by atoms with Gasteiger partial charge in [-0.25, -0.2) is 0 Å². The summed E-state index contributed by atoms with van der Waals surface area (Å²) in [6.07, 6.45) is 3.80. The molecular formula is C17H19N. The van der Waals surface area contributed by atoms with Crippen LogP contribution < -0.4 is 5.32 Å². The third kappa shape index (κ3) is 2.92. The van der Waals surface area contributed by atoms with Crippen LogP contribution >= 0.6 is 0 Å². The average Bonchev–Trinajstić information content (AvgIpc) is 3.23. The minimum Gasteiger partial charge on any atom is -0.385 e. The molecule has 0 spiro atoms. The van der Waals surface area contributed by atoms with E-state index in [1.165, 1.54) is 29.7 Å². The van der Waals surface area contributed by atoms with Crippen molar-refractivity contribution in [3.8, 4) is 0 Å². The first-order valence-electron chi connectivity index (χ1n) is 6.77. The zero-order valence-electron chi connectivity index (χ0n) is 10.6. The molecule has 1 nitrogen and oxygen atoms in total. The Morgan fingerprint density at radius 1 is 0.889 bits per heavy atom. The van der Waals surface area contributed by atoms with E-state index in [1.807, 2.05) is 0 Å². The van der Waals surface area contributed by atoms with Gasteiger partial charge in [0, 0.05) is 12.2 Å². The van der Waals surface area contributed by atoms with Gasteiger partial charge in [-0.2, -0.15) is 0 Å². The van der Waals surface area contributed by atoms with E-state index >= 15 is 0 Å². The molecule has 3 rings (SSSR count).